The summed E-state index contributed by atoms with van der Waals surface area (Å²) in [6.45, 7) is 3.31. The van der Waals surface area contributed by atoms with Crippen molar-refractivity contribution >= 4 is 5.91 Å². The molecule has 0 radical (unpaired) electrons. The SMILES string of the molecule is O=C(NC[C@H]1CCCN2CCCC[C@H]12)c1n[nH]c2c1CCCCC2. The Bertz CT molecular complexity index is 580. The Labute approximate surface area is 144 Å². The van der Waals surface area contributed by atoms with Gasteiger partial charge in [-0.3, -0.25) is 9.89 Å². The van der Waals surface area contributed by atoms with E-state index in [2.05, 4.69) is 20.4 Å². The molecule has 4 rings (SSSR count). The summed E-state index contributed by atoms with van der Waals surface area (Å²) in [7, 11) is 0. The second-order valence-corrected chi connectivity index (χ2v) is 7.80. The number of H-pyrrole nitrogens is 1. The highest BCUT2D eigenvalue weighted by atomic mass is 16.1. The fourth-order valence-corrected chi connectivity index (χ4v) is 4.97. The van der Waals surface area contributed by atoms with Gasteiger partial charge < -0.3 is 10.2 Å². The molecule has 0 unspecified atom stereocenters. The van der Waals surface area contributed by atoms with Gasteiger partial charge in [-0.25, -0.2) is 0 Å². The lowest BCUT2D eigenvalue weighted by Crippen LogP contribution is -2.51. The normalized spacial score (nSPS) is 27.8. The first kappa shape index (κ1) is 16.1. The summed E-state index contributed by atoms with van der Waals surface area (Å²) in [6.07, 6.45) is 12.2. The van der Waals surface area contributed by atoms with Gasteiger partial charge >= 0.3 is 0 Å². The number of piperidine rings is 2. The third kappa shape index (κ3) is 3.23. The van der Waals surface area contributed by atoms with Crippen molar-refractivity contribution in [3.63, 3.8) is 0 Å². The molecule has 2 aliphatic heterocycles. The molecule has 1 aliphatic carbocycles. The van der Waals surface area contributed by atoms with Gasteiger partial charge in [0.1, 0.15) is 0 Å². The number of fused-ring (bicyclic) bond motifs is 2. The van der Waals surface area contributed by atoms with E-state index in [4.69, 9.17) is 0 Å². The smallest absolute Gasteiger partial charge is 0.272 e. The van der Waals surface area contributed by atoms with Crippen molar-refractivity contribution in [3.8, 4) is 0 Å². The first-order valence-corrected chi connectivity index (χ1v) is 9.91. The number of carbonyl (C=O) groups excluding carboxylic acids is 1. The quantitative estimate of drug-likeness (QED) is 0.838. The van der Waals surface area contributed by atoms with Gasteiger partial charge in [0, 0.05) is 23.8 Å². The van der Waals surface area contributed by atoms with Crippen molar-refractivity contribution in [1.29, 1.82) is 0 Å². The van der Waals surface area contributed by atoms with Crippen LogP contribution in [0.25, 0.3) is 0 Å². The lowest BCUT2D eigenvalue weighted by molar-refractivity contribution is 0.0575. The van der Waals surface area contributed by atoms with Crippen LogP contribution in [0.15, 0.2) is 0 Å². The highest BCUT2D eigenvalue weighted by molar-refractivity contribution is 5.94. The molecule has 5 heteroatoms. The van der Waals surface area contributed by atoms with E-state index in [9.17, 15) is 4.79 Å². The molecule has 0 bridgehead atoms. The molecule has 1 aromatic heterocycles. The second kappa shape index (κ2) is 7.26. The van der Waals surface area contributed by atoms with E-state index < -0.39 is 0 Å². The van der Waals surface area contributed by atoms with E-state index in [1.807, 2.05) is 0 Å². The number of nitrogens with one attached hydrogen (secondary N) is 2. The van der Waals surface area contributed by atoms with Crippen molar-refractivity contribution in [2.24, 2.45) is 5.92 Å². The Kier molecular flexibility index (Phi) is 4.88. The highest BCUT2D eigenvalue weighted by Crippen LogP contribution is 2.30. The molecular formula is C19H30N4O. The van der Waals surface area contributed by atoms with Gasteiger partial charge in [0.25, 0.3) is 5.91 Å². The number of hydrogen-bond acceptors (Lipinski definition) is 3. The largest absolute Gasteiger partial charge is 0.350 e. The molecule has 2 N–H and O–H groups in total. The summed E-state index contributed by atoms with van der Waals surface area (Å²) < 4.78 is 0. The lowest BCUT2D eigenvalue weighted by Gasteiger charge is -2.44. The van der Waals surface area contributed by atoms with Gasteiger partial charge in [0.2, 0.25) is 0 Å². The van der Waals surface area contributed by atoms with Crippen molar-refractivity contribution < 1.29 is 4.79 Å². The van der Waals surface area contributed by atoms with E-state index in [-0.39, 0.29) is 5.91 Å². The maximum atomic E-state index is 12.7. The number of aromatic nitrogens is 2. The van der Waals surface area contributed by atoms with Crippen LogP contribution in [0, 0.1) is 5.92 Å². The molecule has 2 saturated heterocycles. The van der Waals surface area contributed by atoms with Crippen LogP contribution in [0.4, 0.5) is 0 Å². The van der Waals surface area contributed by atoms with Crippen LogP contribution < -0.4 is 5.32 Å². The number of nitrogens with zero attached hydrogens (tertiary/aromatic N) is 2. The van der Waals surface area contributed by atoms with Crippen LogP contribution >= 0.6 is 0 Å². The van der Waals surface area contributed by atoms with Crippen molar-refractivity contribution in [1.82, 2.24) is 20.4 Å². The van der Waals surface area contributed by atoms with Gasteiger partial charge in [0.15, 0.2) is 5.69 Å². The van der Waals surface area contributed by atoms with Crippen LogP contribution in [-0.4, -0.2) is 46.7 Å². The summed E-state index contributed by atoms with van der Waals surface area (Å²) in [5.74, 6) is 0.642. The van der Waals surface area contributed by atoms with Crippen molar-refractivity contribution in [3.05, 3.63) is 17.0 Å². The zero-order chi connectivity index (χ0) is 16.4. The van der Waals surface area contributed by atoms with Crippen molar-refractivity contribution in [2.75, 3.05) is 19.6 Å². The zero-order valence-electron chi connectivity index (χ0n) is 14.6. The number of aromatic amines is 1. The summed E-state index contributed by atoms with van der Waals surface area (Å²) in [4.78, 5) is 15.3. The molecular weight excluding hydrogens is 300 g/mol. The predicted octanol–water partition coefficient (Wildman–Crippen LogP) is 2.67. The van der Waals surface area contributed by atoms with E-state index in [0.29, 0.717) is 17.7 Å². The maximum absolute atomic E-state index is 12.7. The average Bonchev–Trinajstić information content (AvgIpc) is 2.88. The molecule has 0 saturated carbocycles. The monoisotopic (exact) mass is 330 g/mol. The number of amides is 1. The summed E-state index contributed by atoms with van der Waals surface area (Å²) in [5.41, 5.74) is 3.02. The van der Waals surface area contributed by atoms with Crippen LogP contribution in [-0.2, 0) is 12.8 Å². The predicted molar refractivity (Wildman–Crippen MR) is 94.1 cm³/mol. The molecule has 5 nitrogen and oxygen atoms in total. The summed E-state index contributed by atoms with van der Waals surface area (Å²) >= 11 is 0. The molecule has 0 aromatic carbocycles. The van der Waals surface area contributed by atoms with Gasteiger partial charge in [-0.15, -0.1) is 0 Å². The minimum Gasteiger partial charge on any atom is -0.350 e. The first-order valence-electron chi connectivity index (χ1n) is 9.91. The van der Waals surface area contributed by atoms with Crippen LogP contribution in [0.5, 0.6) is 0 Å². The molecule has 132 valence electrons. The molecule has 2 fully saturated rings. The number of aryl methyl sites for hydroxylation is 1. The standard InChI is InChI=1S/C19H30N4O/c24-19(18-15-8-2-1-3-9-16(15)21-22-18)20-13-14-7-6-12-23-11-5-4-10-17(14)23/h14,17H,1-13H2,(H,20,24)(H,21,22)/t14-,17-/m1/s1. The minimum atomic E-state index is 0.0299. The fraction of sp³-hybridized carbons (Fsp3) is 0.789. The third-order valence-corrected chi connectivity index (χ3v) is 6.27. The molecule has 1 amide bonds. The Morgan fingerprint density at radius 2 is 1.96 bits per heavy atom. The average molecular weight is 330 g/mol. The number of carbonyl (C=O) groups is 1. The second-order valence-electron chi connectivity index (χ2n) is 7.80. The number of rotatable bonds is 3. The van der Waals surface area contributed by atoms with Gasteiger partial charge in [-0.05, 0) is 70.4 Å². The fourth-order valence-electron chi connectivity index (χ4n) is 4.97. The Balaban J connectivity index is 1.39. The number of hydrogen-bond donors (Lipinski definition) is 2. The summed E-state index contributed by atoms with van der Waals surface area (Å²) in [6, 6.07) is 0.684. The molecule has 3 heterocycles. The minimum absolute atomic E-state index is 0.0299. The van der Waals surface area contributed by atoms with E-state index in [1.165, 1.54) is 75.7 Å². The van der Waals surface area contributed by atoms with Gasteiger partial charge in [-0.1, -0.05) is 12.8 Å². The van der Waals surface area contributed by atoms with Crippen LogP contribution in [0.2, 0.25) is 0 Å². The summed E-state index contributed by atoms with van der Waals surface area (Å²) in [5, 5.41) is 10.7. The molecule has 1 aromatic rings. The van der Waals surface area contributed by atoms with E-state index in [0.717, 1.165) is 19.4 Å². The van der Waals surface area contributed by atoms with Gasteiger partial charge in [0.05, 0.1) is 0 Å². The highest BCUT2D eigenvalue weighted by Gasteiger charge is 2.33. The Morgan fingerprint density at radius 1 is 1.08 bits per heavy atom. The van der Waals surface area contributed by atoms with Crippen molar-refractivity contribution in [2.45, 2.75) is 70.3 Å². The Hall–Kier alpha value is -1.36. The van der Waals surface area contributed by atoms with Gasteiger partial charge in [-0.2, -0.15) is 5.10 Å². The van der Waals surface area contributed by atoms with Crippen LogP contribution in [0.1, 0.15) is 73.1 Å². The molecule has 24 heavy (non-hydrogen) atoms. The van der Waals surface area contributed by atoms with Crippen LogP contribution in [0.3, 0.4) is 0 Å². The molecule has 0 spiro atoms. The lowest BCUT2D eigenvalue weighted by atomic mass is 9.83. The topological polar surface area (TPSA) is 61.0 Å². The third-order valence-electron chi connectivity index (χ3n) is 6.27. The van der Waals surface area contributed by atoms with E-state index >= 15 is 0 Å². The maximum Gasteiger partial charge on any atom is 0.272 e. The zero-order valence-corrected chi connectivity index (χ0v) is 14.6. The Morgan fingerprint density at radius 3 is 2.92 bits per heavy atom. The molecule has 2 atom stereocenters. The first-order chi connectivity index (χ1) is 11.8. The molecule has 3 aliphatic rings. The van der Waals surface area contributed by atoms with E-state index in [1.54, 1.807) is 0 Å².